The van der Waals surface area contributed by atoms with Gasteiger partial charge >= 0.3 is 0 Å². The molecule has 6 aromatic rings. The fraction of sp³-hybridized carbons (Fsp3) is 0.294. The third-order valence-corrected chi connectivity index (χ3v) is 12.5. The Morgan fingerprint density at radius 3 is 0.925 bits per heavy atom. The molecule has 2 atom stereocenters. The first-order valence-electron chi connectivity index (χ1n) is 19.5. The van der Waals surface area contributed by atoms with Crippen LogP contribution in [0.1, 0.15) is 98.9 Å². The first kappa shape index (κ1) is 36.3. The fourth-order valence-electron chi connectivity index (χ4n) is 8.60. The lowest BCUT2D eigenvalue weighted by atomic mass is 9.77. The molecule has 2 unspecified atom stereocenters. The smallest absolute Gasteiger partial charge is 0.0671 e. The summed E-state index contributed by atoms with van der Waals surface area (Å²) in [5.41, 5.74) is 17.4. The second-order valence-corrected chi connectivity index (χ2v) is 16.4. The molecular weight excluding hydrogens is 641 g/mol. The van der Waals surface area contributed by atoms with Crippen LogP contribution < -0.4 is 9.80 Å². The molecule has 7 rings (SSSR count). The van der Waals surface area contributed by atoms with Crippen molar-refractivity contribution in [2.75, 3.05) is 9.80 Å². The molecule has 53 heavy (non-hydrogen) atoms. The van der Waals surface area contributed by atoms with E-state index in [0.717, 1.165) is 12.8 Å². The summed E-state index contributed by atoms with van der Waals surface area (Å²) in [5.74, 6) is 0. The van der Waals surface area contributed by atoms with Gasteiger partial charge in [0.15, 0.2) is 0 Å². The van der Waals surface area contributed by atoms with E-state index in [2.05, 4.69) is 212 Å². The zero-order valence-corrected chi connectivity index (χ0v) is 33.5. The molecule has 2 nitrogen and oxygen atoms in total. The van der Waals surface area contributed by atoms with Crippen LogP contribution in [0.5, 0.6) is 0 Å². The number of nitrogens with zero attached hydrogens (tertiary/aromatic N) is 2. The minimum absolute atomic E-state index is 0.170. The zero-order valence-electron chi connectivity index (χ0n) is 33.5. The van der Waals surface area contributed by atoms with Gasteiger partial charge in [0.1, 0.15) is 0 Å². The Morgan fingerprint density at radius 2 is 0.679 bits per heavy atom. The van der Waals surface area contributed by atoms with E-state index in [4.69, 9.17) is 0 Å². The van der Waals surface area contributed by atoms with E-state index < -0.39 is 0 Å². The van der Waals surface area contributed by atoms with E-state index in [1.54, 1.807) is 0 Å². The van der Waals surface area contributed by atoms with Gasteiger partial charge in [0.25, 0.3) is 0 Å². The minimum Gasteiger partial charge on any atom is -0.331 e. The Kier molecular flexibility index (Phi) is 9.39. The highest BCUT2D eigenvalue weighted by Gasteiger charge is 2.41. The Balaban J connectivity index is 1.33. The number of fused-ring (bicyclic) bond motifs is 3. The quantitative estimate of drug-likeness (QED) is 0.141. The van der Waals surface area contributed by atoms with Gasteiger partial charge in [0.2, 0.25) is 0 Å². The molecule has 0 saturated heterocycles. The third-order valence-electron chi connectivity index (χ3n) is 12.5. The lowest BCUT2D eigenvalue weighted by molar-refractivity contribution is 0.461. The monoisotopic (exact) mass is 696 g/mol. The summed E-state index contributed by atoms with van der Waals surface area (Å²) in [6, 6.07) is 50.7. The molecule has 0 fully saturated rings. The largest absolute Gasteiger partial charge is 0.331 e. The third kappa shape index (κ3) is 6.27. The highest BCUT2D eigenvalue weighted by molar-refractivity contribution is 5.82. The van der Waals surface area contributed by atoms with Crippen LogP contribution in [0, 0.1) is 27.7 Å². The van der Waals surface area contributed by atoms with Crippen LogP contribution in [0.4, 0.5) is 22.7 Å². The molecule has 2 heteroatoms. The minimum atomic E-state index is -0.279. The predicted molar refractivity (Wildman–Crippen MR) is 228 cm³/mol. The van der Waals surface area contributed by atoms with Gasteiger partial charge < -0.3 is 9.80 Å². The van der Waals surface area contributed by atoms with Crippen LogP contribution in [-0.4, -0.2) is 0 Å². The van der Waals surface area contributed by atoms with Crippen LogP contribution in [0.15, 0.2) is 133 Å². The SMILES string of the molecule is CCC(C)(c1ccc2c(c1)C(C)(C)c1cc(C(C)(CC)N(c3ccc(C)cc3)c3ccc(C)cc3)ccc1-2)N(c1ccc(C)cc1)c1ccc(C)cc1. The van der Waals surface area contributed by atoms with E-state index in [1.165, 1.54) is 78.4 Å². The highest BCUT2D eigenvalue weighted by Crippen LogP contribution is 2.53. The van der Waals surface area contributed by atoms with Crippen molar-refractivity contribution >= 4 is 22.7 Å². The Morgan fingerprint density at radius 1 is 0.415 bits per heavy atom. The number of rotatable bonds is 10. The molecule has 270 valence electrons. The molecule has 6 aromatic carbocycles. The van der Waals surface area contributed by atoms with Crippen LogP contribution in [0.2, 0.25) is 0 Å². The van der Waals surface area contributed by atoms with Crippen LogP contribution >= 0.6 is 0 Å². The number of hydrogen-bond donors (Lipinski definition) is 0. The molecule has 1 aliphatic carbocycles. The zero-order chi connectivity index (χ0) is 37.7. The molecule has 0 heterocycles. The first-order chi connectivity index (χ1) is 25.3. The number of aryl methyl sites for hydroxylation is 4. The predicted octanol–water partition coefficient (Wildman–Crippen LogP) is 14.2. The molecule has 0 spiro atoms. The van der Waals surface area contributed by atoms with Gasteiger partial charge in [-0.25, -0.2) is 0 Å². The van der Waals surface area contributed by atoms with Crippen molar-refractivity contribution in [2.45, 2.75) is 98.6 Å². The molecule has 0 N–H and O–H groups in total. The molecule has 1 aliphatic rings. The van der Waals surface area contributed by atoms with E-state index in [9.17, 15) is 0 Å². The molecule has 0 aromatic heterocycles. The van der Waals surface area contributed by atoms with Gasteiger partial charge in [-0.1, -0.05) is 135 Å². The fourth-order valence-corrected chi connectivity index (χ4v) is 8.60. The first-order valence-corrected chi connectivity index (χ1v) is 19.5. The van der Waals surface area contributed by atoms with Crippen molar-refractivity contribution in [3.05, 3.63) is 178 Å². The Labute approximate surface area is 319 Å². The van der Waals surface area contributed by atoms with E-state index in [1.807, 2.05) is 0 Å². The van der Waals surface area contributed by atoms with Crippen LogP contribution in [0.25, 0.3) is 11.1 Å². The Bertz CT molecular complexity index is 1970. The van der Waals surface area contributed by atoms with Crippen molar-refractivity contribution in [1.82, 2.24) is 0 Å². The van der Waals surface area contributed by atoms with Crippen molar-refractivity contribution < 1.29 is 0 Å². The summed E-state index contributed by atoms with van der Waals surface area (Å²) in [4.78, 5) is 5.11. The van der Waals surface area contributed by atoms with Crippen molar-refractivity contribution in [3.8, 4) is 11.1 Å². The summed E-state index contributed by atoms with van der Waals surface area (Å²) < 4.78 is 0. The number of benzene rings is 6. The summed E-state index contributed by atoms with van der Waals surface area (Å²) in [6.45, 7) is 23.0. The van der Waals surface area contributed by atoms with Gasteiger partial charge in [-0.05, 0) is 136 Å². The van der Waals surface area contributed by atoms with Gasteiger partial charge in [-0.15, -0.1) is 0 Å². The lowest BCUT2D eigenvalue weighted by Crippen LogP contribution is -2.41. The maximum atomic E-state index is 2.55. The average Bonchev–Trinajstić information content (AvgIpc) is 3.39. The topological polar surface area (TPSA) is 6.48 Å². The van der Waals surface area contributed by atoms with E-state index >= 15 is 0 Å². The lowest BCUT2D eigenvalue weighted by Gasteiger charge is -2.44. The van der Waals surface area contributed by atoms with E-state index in [-0.39, 0.29) is 16.5 Å². The highest BCUT2D eigenvalue weighted by atomic mass is 15.2. The summed E-state index contributed by atoms with van der Waals surface area (Å²) in [7, 11) is 0. The molecule has 0 radical (unpaired) electrons. The standard InChI is InChI=1S/C51H56N2/c1-11-50(9,52(41-23-13-35(3)14-24-41)42-25-15-36(4)16-26-42)39-21-31-45-46-32-22-40(34-48(46)49(7,8)47(45)33-39)51(10,12-2)53(43-27-17-37(5)18-28-43)44-29-19-38(6)20-30-44/h13-34H,11-12H2,1-10H3. The maximum absolute atomic E-state index is 2.55. The second-order valence-electron chi connectivity index (χ2n) is 16.4. The second kappa shape index (κ2) is 13.7. The summed E-state index contributed by atoms with van der Waals surface area (Å²) in [5, 5.41) is 0. The maximum Gasteiger partial charge on any atom is 0.0671 e. The van der Waals surface area contributed by atoms with Gasteiger partial charge in [0, 0.05) is 28.2 Å². The molecule has 0 amide bonds. The normalized spacial score (nSPS) is 15.2. The summed E-state index contributed by atoms with van der Waals surface area (Å²) in [6.07, 6.45) is 1.90. The summed E-state index contributed by atoms with van der Waals surface area (Å²) >= 11 is 0. The average molecular weight is 697 g/mol. The molecule has 0 bridgehead atoms. The number of anilines is 4. The van der Waals surface area contributed by atoms with Gasteiger partial charge in [0.05, 0.1) is 11.1 Å². The van der Waals surface area contributed by atoms with Crippen molar-refractivity contribution in [1.29, 1.82) is 0 Å². The van der Waals surface area contributed by atoms with Crippen LogP contribution in [0.3, 0.4) is 0 Å². The van der Waals surface area contributed by atoms with E-state index in [0.29, 0.717) is 0 Å². The van der Waals surface area contributed by atoms with Crippen molar-refractivity contribution in [2.24, 2.45) is 0 Å². The van der Waals surface area contributed by atoms with Crippen LogP contribution in [-0.2, 0) is 16.5 Å². The Hall–Kier alpha value is -5.08. The molecule has 0 aliphatic heterocycles. The van der Waals surface area contributed by atoms with Gasteiger partial charge in [-0.3, -0.25) is 0 Å². The molecular formula is C51H56N2. The molecule has 0 saturated carbocycles. The number of hydrogen-bond acceptors (Lipinski definition) is 2. The van der Waals surface area contributed by atoms with Gasteiger partial charge in [-0.2, -0.15) is 0 Å². The van der Waals surface area contributed by atoms with Crippen molar-refractivity contribution in [3.63, 3.8) is 0 Å².